The molecule has 0 unspecified atom stereocenters. The van der Waals surface area contributed by atoms with Gasteiger partial charge >= 0.3 is 0 Å². The number of ether oxygens (including phenoxy) is 3. The first-order valence-corrected chi connectivity index (χ1v) is 14.7. The second-order valence-electron chi connectivity index (χ2n) is 9.26. The maximum absolute atomic E-state index is 13.3. The number of amides is 3. The van der Waals surface area contributed by atoms with Gasteiger partial charge in [-0.2, -0.15) is 0 Å². The summed E-state index contributed by atoms with van der Waals surface area (Å²) in [4.78, 5) is 39.7. The lowest BCUT2D eigenvalue weighted by Gasteiger charge is -2.12. The monoisotopic (exact) mass is 611 g/mol. The number of carbonyl (C=O) groups is 3. The molecule has 4 rings (SSSR count). The Morgan fingerprint density at radius 1 is 0.795 bits per heavy atom. The lowest BCUT2D eigenvalue weighted by atomic mass is 10.1. The van der Waals surface area contributed by atoms with Gasteiger partial charge in [-0.25, -0.2) is 0 Å². The Labute approximate surface area is 260 Å². The number of rotatable bonds is 13. The molecule has 0 heterocycles. The molecule has 0 atom stereocenters. The topological polar surface area (TPSA) is 115 Å². The van der Waals surface area contributed by atoms with Crippen LogP contribution in [0, 0.1) is 0 Å². The molecule has 10 heteroatoms. The molecular formula is C34H33N3O6S. The van der Waals surface area contributed by atoms with Crippen molar-refractivity contribution in [3.05, 3.63) is 114 Å². The lowest BCUT2D eigenvalue weighted by molar-refractivity contribution is -0.114. The molecule has 9 nitrogen and oxygen atoms in total. The highest BCUT2D eigenvalue weighted by Gasteiger charge is 2.16. The zero-order chi connectivity index (χ0) is 31.3. The summed E-state index contributed by atoms with van der Waals surface area (Å²) in [5, 5.41) is 8.42. The van der Waals surface area contributed by atoms with Crippen molar-refractivity contribution in [2.24, 2.45) is 0 Å². The van der Waals surface area contributed by atoms with Crippen LogP contribution in [-0.2, 0) is 9.59 Å². The van der Waals surface area contributed by atoms with Crippen LogP contribution in [0.4, 0.5) is 11.4 Å². The molecule has 44 heavy (non-hydrogen) atoms. The Hall–Kier alpha value is -5.22. The first-order valence-electron chi connectivity index (χ1n) is 13.8. The van der Waals surface area contributed by atoms with Gasteiger partial charge in [0.1, 0.15) is 22.9 Å². The molecule has 0 saturated carbocycles. The zero-order valence-corrected chi connectivity index (χ0v) is 25.4. The van der Waals surface area contributed by atoms with Gasteiger partial charge in [0.15, 0.2) is 0 Å². The van der Waals surface area contributed by atoms with Crippen LogP contribution >= 0.6 is 11.8 Å². The normalized spacial score (nSPS) is 10.8. The van der Waals surface area contributed by atoms with E-state index in [0.29, 0.717) is 46.4 Å². The molecule has 0 aliphatic carbocycles. The predicted octanol–water partition coefficient (Wildman–Crippen LogP) is 6.24. The largest absolute Gasteiger partial charge is 0.497 e. The minimum atomic E-state index is -0.491. The third-order valence-electron chi connectivity index (χ3n) is 6.19. The van der Waals surface area contributed by atoms with Crippen LogP contribution in [0.15, 0.2) is 108 Å². The van der Waals surface area contributed by atoms with Crippen LogP contribution in [0.25, 0.3) is 6.08 Å². The van der Waals surface area contributed by atoms with Crippen molar-refractivity contribution in [2.45, 2.75) is 11.8 Å². The summed E-state index contributed by atoms with van der Waals surface area (Å²) in [6.07, 6.45) is 1.60. The van der Waals surface area contributed by atoms with Crippen LogP contribution < -0.4 is 30.2 Å². The van der Waals surface area contributed by atoms with E-state index >= 15 is 0 Å². The number of hydrogen-bond acceptors (Lipinski definition) is 7. The van der Waals surface area contributed by atoms with E-state index in [-0.39, 0.29) is 17.4 Å². The molecule has 0 saturated heterocycles. The van der Waals surface area contributed by atoms with E-state index in [1.807, 2.05) is 13.0 Å². The molecule has 0 aliphatic rings. The highest BCUT2D eigenvalue weighted by Crippen LogP contribution is 2.29. The number of methoxy groups -OCH3 is 2. The molecule has 3 N–H and O–H groups in total. The van der Waals surface area contributed by atoms with Gasteiger partial charge in [-0.1, -0.05) is 30.3 Å². The number of benzene rings is 4. The molecule has 4 aromatic rings. The van der Waals surface area contributed by atoms with Gasteiger partial charge in [0.25, 0.3) is 11.8 Å². The SMILES string of the molecule is CCOc1ccc(/C=C(\NC(=O)c2ccccc2)C(=O)Nc2ccc(SCC(=O)Nc3cc(OC)ccc3OC)cc2)cc1. The Morgan fingerprint density at radius 2 is 1.50 bits per heavy atom. The summed E-state index contributed by atoms with van der Waals surface area (Å²) in [5.41, 5.74) is 2.25. The van der Waals surface area contributed by atoms with E-state index in [2.05, 4.69) is 16.0 Å². The van der Waals surface area contributed by atoms with Crippen molar-refractivity contribution in [1.29, 1.82) is 0 Å². The molecule has 0 bridgehead atoms. The van der Waals surface area contributed by atoms with Gasteiger partial charge in [-0.05, 0) is 79.2 Å². The summed E-state index contributed by atoms with van der Waals surface area (Å²) in [6, 6.07) is 28.1. The van der Waals surface area contributed by atoms with E-state index in [1.165, 1.54) is 18.9 Å². The number of carbonyl (C=O) groups excluding carboxylic acids is 3. The van der Waals surface area contributed by atoms with Crippen LogP contribution in [0.3, 0.4) is 0 Å². The van der Waals surface area contributed by atoms with Crippen molar-refractivity contribution in [1.82, 2.24) is 5.32 Å². The molecule has 0 aliphatic heterocycles. The van der Waals surface area contributed by atoms with Gasteiger partial charge in [-0.15, -0.1) is 11.8 Å². The van der Waals surface area contributed by atoms with Crippen LogP contribution in [-0.4, -0.2) is 44.3 Å². The molecule has 0 spiro atoms. The third kappa shape index (κ3) is 9.14. The van der Waals surface area contributed by atoms with E-state index in [4.69, 9.17) is 14.2 Å². The van der Waals surface area contributed by atoms with Crippen LogP contribution in [0.5, 0.6) is 17.2 Å². The van der Waals surface area contributed by atoms with E-state index in [1.54, 1.807) is 104 Å². The fourth-order valence-corrected chi connectivity index (χ4v) is 4.71. The van der Waals surface area contributed by atoms with E-state index in [0.717, 1.165) is 4.90 Å². The maximum Gasteiger partial charge on any atom is 0.272 e. The van der Waals surface area contributed by atoms with Gasteiger partial charge in [-0.3, -0.25) is 14.4 Å². The highest BCUT2D eigenvalue weighted by molar-refractivity contribution is 8.00. The second-order valence-corrected chi connectivity index (χ2v) is 10.3. The quantitative estimate of drug-likeness (QED) is 0.121. The summed E-state index contributed by atoms with van der Waals surface area (Å²) in [7, 11) is 3.08. The Balaban J connectivity index is 1.41. The average molecular weight is 612 g/mol. The average Bonchev–Trinajstić information content (AvgIpc) is 3.05. The lowest BCUT2D eigenvalue weighted by Crippen LogP contribution is -2.30. The first-order chi connectivity index (χ1) is 21.4. The van der Waals surface area contributed by atoms with Crippen molar-refractivity contribution >= 4 is 46.9 Å². The molecule has 4 aromatic carbocycles. The predicted molar refractivity (Wildman–Crippen MR) is 173 cm³/mol. The number of anilines is 2. The number of hydrogen-bond donors (Lipinski definition) is 3. The minimum absolute atomic E-state index is 0.0751. The van der Waals surface area contributed by atoms with Gasteiger partial charge in [0, 0.05) is 22.2 Å². The minimum Gasteiger partial charge on any atom is -0.497 e. The number of thioether (sulfide) groups is 1. The van der Waals surface area contributed by atoms with Gasteiger partial charge < -0.3 is 30.2 Å². The molecule has 0 aromatic heterocycles. The number of nitrogens with one attached hydrogen (secondary N) is 3. The first kappa shape index (κ1) is 31.7. The van der Waals surface area contributed by atoms with Crippen LogP contribution in [0.2, 0.25) is 0 Å². The van der Waals surface area contributed by atoms with Crippen molar-refractivity contribution in [3.63, 3.8) is 0 Å². The second kappa shape index (κ2) is 15.9. The van der Waals surface area contributed by atoms with Gasteiger partial charge in [0.05, 0.1) is 32.3 Å². The standard InChI is InChI=1S/C34H33N3O6S/c1-4-43-26-14-10-23(11-15-26)20-30(37-33(39)24-8-6-5-7-9-24)34(40)35-25-12-17-28(18-13-25)44-22-32(38)36-29-21-27(41-2)16-19-31(29)42-3/h5-21H,4,22H2,1-3H3,(H,35,40)(H,36,38)(H,37,39)/b30-20-. The summed E-state index contributed by atoms with van der Waals surface area (Å²) in [6.45, 7) is 2.44. The van der Waals surface area contributed by atoms with Crippen molar-refractivity contribution < 1.29 is 28.6 Å². The van der Waals surface area contributed by atoms with Gasteiger partial charge in [0.2, 0.25) is 5.91 Å². The highest BCUT2D eigenvalue weighted by atomic mass is 32.2. The van der Waals surface area contributed by atoms with Crippen LogP contribution in [0.1, 0.15) is 22.8 Å². The Morgan fingerprint density at radius 3 is 2.16 bits per heavy atom. The Kier molecular flexibility index (Phi) is 11.4. The van der Waals surface area contributed by atoms with E-state index < -0.39 is 11.8 Å². The molecule has 0 radical (unpaired) electrons. The van der Waals surface area contributed by atoms with Crippen molar-refractivity contribution in [3.8, 4) is 17.2 Å². The summed E-state index contributed by atoms with van der Waals surface area (Å²) in [5.74, 6) is 0.886. The van der Waals surface area contributed by atoms with E-state index in [9.17, 15) is 14.4 Å². The smallest absolute Gasteiger partial charge is 0.272 e. The molecule has 226 valence electrons. The molecular weight excluding hydrogens is 578 g/mol. The fourth-order valence-electron chi connectivity index (χ4n) is 4.02. The third-order valence-corrected chi connectivity index (χ3v) is 7.21. The molecule has 3 amide bonds. The Bertz CT molecular complexity index is 1610. The summed E-state index contributed by atoms with van der Waals surface area (Å²) < 4.78 is 16.0. The fraction of sp³-hybridized carbons (Fsp3) is 0.147. The molecule has 0 fully saturated rings. The zero-order valence-electron chi connectivity index (χ0n) is 24.6. The summed E-state index contributed by atoms with van der Waals surface area (Å²) >= 11 is 1.34. The van der Waals surface area contributed by atoms with Crippen molar-refractivity contribution in [2.75, 3.05) is 37.2 Å². The maximum atomic E-state index is 13.3.